The minimum atomic E-state index is -0.681. The van der Waals surface area contributed by atoms with Crippen LogP contribution in [0.3, 0.4) is 0 Å². The average molecular weight is 439 g/mol. The second-order valence-corrected chi connectivity index (χ2v) is 7.65. The van der Waals surface area contributed by atoms with Crippen LogP contribution in [-0.4, -0.2) is 45.2 Å². The molecule has 8 heteroatoms. The molecular weight excluding hydrogens is 416 g/mol. The predicted octanol–water partition coefficient (Wildman–Crippen LogP) is 2.69. The Hall–Kier alpha value is -3.18. The summed E-state index contributed by atoms with van der Waals surface area (Å²) in [6.07, 6.45) is 0.638. The monoisotopic (exact) mass is 438 g/mol. The Morgan fingerprint density at radius 1 is 1.19 bits per heavy atom. The molecule has 1 heterocycles. The van der Waals surface area contributed by atoms with Crippen molar-refractivity contribution in [3.63, 3.8) is 0 Å². The number of aromatic nitrogens is 2. The third-order valence-electron chi connectivity index (χ3n) is 5.13. The summed E-state index contributed by atoms with van der Waals surface area (Å²) < 4.78 is 1.81. The zero-order valence-corrected chi connectivity index (χ0v) is 18.0. The first-order valence-corrected chi connectivity index (χ1v) is 10.1. The van der Waals surface area contributed by atoms with Gasteiger partial charge in [0.25, 0.3) is 5.91 Å². The zero-order valence-electron chi connectivity index (χ0n) is 17.3. The summed E-state index contributed by atoms with van der Waals surface area (Å²) >= 11 is 6.17. The van der Waals surface area contributed by atoms with E-state index in [0.29, 0.717) is 22.6 Å². The molecule has 160 valence electrons. The molecule has 31 heavy (non-hydrogen) atoms. The minimum Gasteiger partial charge on any atom is -0.394 e. The van der Waals surface area contributed by atoms with Crippen LogP contribution >= 0.6 is 11.6 Å². The van der Waals surface area contributed by atoms with Crippen molar-refractivity contribution in [3.8, 4) is 11.8 Å². The van der Waals surface area contributed by atoms with Gasteiger partial charge in [0, 0.05) is 23.2 Å². The van der Waals surface area contributed by atoms with Crippen LogP contribution in [0, 0.1) is 25.2 Å². The summed E-state index contributed by atoms with van der Waals surface area (Å²) in [6.45, 7) is 3.27. The molecule has 0 aliphatic heterocycles. The lowest BCUT2D eigenvalue weighted by atomic mass is 10.0. The molecule has 2 aromatic carbocycles. The SMILES string of the molecule is Cc1nn(-c2ccc(C#N)c(Cl)c2)c(C)c1Cc1ccc(C(=O)NC(CO)CO)cc1. The maximum absolute atomic E-state index is 12.2. The van der Waals surface area contributed by atoms with Gasteiger partial charge in [0.1, 0.15) is 6.07 Å². The number of hydrogen-bond acceptors (Lipinski definition) is 5. The lowest BCUT2D eigenvalue weighted by Crippen LogP contribution is -2.40. The standard InChI is InChI=1S/C23H23ClN4O3/c1-14-21(15(2)28(27-14)20-8-7-18(11-25)22(24)10-20)9-16-3-5-17(6-4-16)23(31)26-19(12-29)13-30/h3-8,10,19,29-30H,9,12-13H2,1-2H3,(H,26,31). The minimum absolute atomic E-state index is 0.326. The van der Waals surface area contributed by atoms with Crippen LogP contribution in [0.4, 0.5) is 0 Å². The van der Waals surface area contributed by atoms with Crippen LogP contribution in [-0.2, 0) is 6.42 Å². The quantitative estimate of drug-likeness (QED) is 0.525. The van der Waals surface area contributed by atoms with Crippen molar-refractivity contribution in [1.82, 2.24) is 15.1 Å². The van der Waals surface area contributed by atoms with Crippen molar-refractivity contribution >= 4 is 17.5 Å². The Balaban J connectivity index is 1.80. The van der Waals surface area contributed by atoms with Gasteiger partial charge in [-0.15, -0.1) is 0 Å². The smallest absolute Gasteiger partial charge is 0.251 e. The number of carbonyl (C=O) groups excluding carboxylic acids is 1. The molecule has 3 N–H and O–H groups in total. The molecule has 0 saturated heterocycles. The maximum atomic E-state index is 12.2. The Morgan fingerprint density at radius 2 is 1.87 bits per heavy atom. The van der Waals surface area contributed by atoms with E-state index < -0.39 is 6.04 Å². The van der Waals surface area contributed by atoms with Gasteiger partial charge in [-0.05, 0) is 49.7 Å². The fraction of sp³-hybridized carbons (Fsp3) is 0.261. The molecule has 0 atom stereocenters. The fourth-order valence-electron chi connectivity index (χ4n) is 3.30. The lowest BCUT2D eigenvalue weighted by Gasteiger charge is -2.13. The molecule has 0 unspecified atom stereocenters. The van der Waals surface area contributed by atoms with Crippen LogP contribution in [0.5, 0.6) is 0 Å². The van der Waals surface area contributed by atoms with Crippen LogP contribution in [0.25, 0.3) is 5.69 Å². The summed E-state index contributed by atoms with van der Waals surface area (Å²) in [5, 5.41) is 34.9. The molecule has 0 bridgehead atoms. The number of aryl methyl sites for hydroxylation is 1. The average Bonchev–Trinajstić information content (AvgIpc) is 3.06. The van der Waals surface area contributed by atoms with Crippen molar-refractivity contribution in [2.45, 2.75) is 26.3 Å². The maximum Gasteiger partial charge on any atom is 0.251 e. The summed E-state index contributed by atoms with van der Waals surface area (Å²) in [4.78, 5) is 12.2. The molecule has 7 nitrogen and oxygen atoms in total. The van der Waals surface area contributed by atoms with E-state index in [1.165, 1.54) is 0 Å². The first-order valence-electron chi connectivity index (χ1n) is 9.74. The Bertz CT molecular complexity index is 1130. The van der Waals surface area contributed by atoms with Gasteiger partial charge in [-0.2, -0.15) is 10.4 Å². The first-order chi connectivity index (χ1) is 14.9. The molecule has 0 aliphatic carbocycles. The van der Waals surface area contributed by atoms with E-state index in [2.05, 4.69) is 16.5 Å². The molecule has 0 spiro atoms. The van der Waals surface area contributed by atoms with Crippen molar-refractivity contribution < 1.29 is 15.0 Å². The third kappa shape index (κ3) is 4.94. The second-order valence-electron chi connectivity index (χ2n) is 7.25. The number of carbonyl (C=O) groups is 1. The third-order valence-corrected chi connectivity index (χ3v) is 5.44. The highest BCUT2D eigenvalue weighted by Crippen LogP contribution is 2.24. The van der Waals surface area contributed by atoms with Gasteiger partial charge < -0.3 is 15.5 Å². The van der Waals surface area contributed by atoms with Gasteiger partial charge in [0.05, 0.1) is 41.2 Å². The van der Waals surface area contributed by atoms with Gasteiger partial charge in [0.15, 0.2) is 0 Å². The molecule has 1 aromatic heterocycles. The largest absolute Gasteiger partial charge is 0.394 e. The van der Waals surface area contributed by atoms with E-state index in [1.54, 1.807) is 24.3 Å². The number of halogens is 1. The first kappa shape index (κ1) is 22.5. The van der Waals surface area contributed by atoms with E-state index in [1.807, 2.05) is 36.7 Å². The molecule has 3 rings (SSSR count). The number of nitriles is 1. The molecule has 3 aromatic rings. The Labute approximate surface area is 185 Å². The number of nitrogens with zero attached hydrogens (tertiary/aromatic N) is 3. The molecule has 1 amide bonds. The van der Waals surface area contributed by atoms with Crippen molar-refractivity contribution in [2.24, 2.45) is 0 Å². The molecule has 0 fully saturated rings. The van der Waals surface area contributed by atoms with E-state index in [-0.39, 0.29) is 19.1 Å². The van der Waals surface area contributed by atoms with Crippen molar-refractivity contribution in [1.29, 1.82) is 5.26 Å². The second kappa shape index (κ2) is 9.75. The zero-order chi connectivity index (χ0) is 22.5. The van der Waals surface area contributed by atoms with E-state index in [0.717, 1.165) is 28.2 Å². The number of aliphatic hydroxyl groups is 2. The number of benzene rings is 2. The summed E-state index contributed by atoms with van der Waals surface area (Å²) in [6, 6.07) is 13.8. The Morgan fingerprint density at radius 3 is 2.45 bits per heavy atom. The van der Waals surface area contributed by atoms with Crippen molar-refractivity contribution in [2.75, 3.05) is 13.2 Å². The van der Waals surface area contributed by atoms with Crippen LogP contribution in [0.1, 0.15) is 38.4 Å². The molecule has 0 aliphatic rings. The number of amides is 1. The number of rotatable bonds is 7. The van der Waals surface area contributed by atoms with Crippen LogP contribution in [0.15, 0.2) is 42.5 Å². The normalized spacial score (nSPS) is 10.9. The van der Waals surface area contributed by atoms with Crippen LogP contribution in [0.2, 0.25) is 5.02 Å². The highest BCUT2D eigenvalue weighted by atomic mass is 35.5. The predicted molar refractivity (Wildman–Crippen MR) is 117 cm³/mol. The van der Waals surface area contributed by atoms with E-state index >= 15 is 0 Å². The number of aliphatic hydroxyl groups excluding tert-OH is 2. The highest BCUT2D eigenvalue weighted by Gasteiger charge is 2.16. The lowest BCUT2D eigenvalue weighted by molar-refractivity contribution is 0.0879. The highest BCUT2D eigenvalue weighted by molar-refractivity contribution is 6.31. The molecule has 0 saturated carbocycles. The van der Waals surface area contributed by atoms with Crippen LogP contribution < -0.4 is 5.32 Å². The number of nitrogens with one attached hydrogen (secondary N) is 1. The molecule has 0 radical (unpaired) electrons. The summed E-state index contributed by atoms with van der Waals surface area (Å²) in [7, 11) is 0. The number of hydrogen-bond donors (Lipinski definition) is 3. The van der Waals surface area contributed by atoms with Gasteiger partial charge in [0.2, 0.25) is 0 Å². The summed E-state index contributed by atoms with van der Waals surface area (Å²) in [5.74, 6) is -0.350. The van der Waals surface area contributed by atoms with Crippen molar-refractivity contribution in [3.05, 3.63) is 81.1 Å². The summed E-state index contributed by atoms with van der Waals surface area (Å²) in [5.41, 5.74) is 5.58. The molecular formula is C23H23ClN4O3. The van der Waals surface area contributed by atoms with E-state index in [4.69, 9.17) is 27.1 Å². The fourth-order valence-corrected chi connectivity index (χ4v) is 3.52. The Kier molecular flexibility index (Phi) is 7.08. The van der Waals surface area contributed by atoms with Gasteiger partial charge >= 0.3 is 0 Å². The van der Waals surface area contributed by atoms with Gasteiger partial charge in [-0.1, -0.05) is 23.7 Å². The van der Waals surface area contributed by atoms with Gasteiger partial charge in [-0.25, -0.2) is 4.68 Å². The van der Waals surface area contributed by atoms with E-state index in [9.17, 15) is 4.79 Å². The topological polar surface area (TPSA) is 111 Å². The van der Waals surface area contributed by atoms with Gasteiger partial charge in [-0.3, -0.25) is 4.79 Å².